The minimum atomic E-state index is -2.21. The van der Waals surface area contributed by atoms with Gasteiger partial charge < -0.3 is 13.6 Å². The highest BCUT2D eigenvalue weighted by molar-refractivity contribution is 6.64. The zero-order chi connectivity index (χ0) is 15.4. The summed E-state index contributed by atoms with van der Waals surface area (Å²) in [5.74, 6) is 0. The van der Waals surface area contributed by atoms with Crippen LogP contribution in [0.5, 0.6) is 0 Å². The van der Waals surface area contributed by atoms with Crippen molar-refractivity contribution in [3.63, 3.8) is 0 Å². The van der Waals surface area contributed by atoms with E-state index in [1.807, 2.05) is 0 Å². The molecule has 0 spiro atoms. The molecular formula is C16H35NO3Si. The third-order valence-corrected chi connectivity index (χ3v) is 7.95. The topological polar surface area (TPSA) is 30.9 Å². The Morgan fingerprint density at radius 2 is 1.43 bits per heavy atom. The van der Waals surface area contributed by atoms with Gasteiger partial charge >= 0.3 is 8.72 Å². The first kappa shape index (κ1) is 19.1. The first-order valence-corrected chi connectivity index (χ1v) is 10.9. The molecule has 1 heterocycles. The van der Waals surface area contributed by atoms with E-state index in [2.05, 4.69) is 25.3 Å². The van der Waals surface area contributed by atoms with Gasteiger partial charge in [0.1, 0.15) is 0 Å². The lowest BCUT2D eigenvalue weighted by Crippen LogP contribution is -2.61. The van der Waals surface area contributed by atoms with Crippen LogP contribution >= 0.6 is 0 Å². The van der Waals surface area contributed by atoms with Gasteiger partial charge in [0, 0.05) is 32.3 Å². The molecule has 4 nitrogen and oxygen atoms in total. The Kier molecular flexibility index (Phi) is 10.6. The predicted molar refractivity (Wildman–Crippen MR) is 89.6 cm³/mol. The lowest BCUT2D eigenvalue weighted by Gasteiger charge is -2.41. The van der Waals surface area contributed by atoms with Crippen LogP contribution in [0.2, 0.25) is 6.04 Å². The van der Waals surface area contributed by atoms with E-state index in [1.165, 1.54) is 38.5 Å². The van der Waals surface area contributed by atoms with Gasteiger partial charge in [0.15, 0.2) is 0 Å². The molecule has 0 amide bonds. The summed E-state index contributed by atoms with van der Waals surface area (Å²) in [6.07, 6.45) is 7.92. The van der Waals surface area contributed by atoms with Crippen LogP contribution in [0.15, 0.2) is 0 Å². The Labute approximate surface area is 132 Å². The van der Waals surface area contributed by atoms with Crippen LogP contribution in [-0.2, 0) is 13.6 Å². The molecule has 0 aromatic carbocycles. The van der Waals surface area contributed by atoms with Crippen LogP contribution in [0, 0.1) is 0 Å². The summed E-state index contributed by atoms with van der Waals surface area (Å²) >= 11 is 0. The van der Waals surface area contributed by atoms with Gasteiger partial charge in [0.05, 0.1) is 13.2 Å². The molecule has 1 aliphatic heterocycles. The fourth-order valence-electron chi connectivity index (χ4n) is 3.01. The third kappa shape index (κ3) is 6.78. The average molecular weight is 318 g/mol. The van der Waals surface area contributed by atoms with Crippen molar-refractivity contribution in [2.75, 3.05) is 39.5 Å². The summed E-state index contributed by atoms with van der Waals surface area (Å²) in [4.78, 5) is 0. The van der Waals surface area contributed by atoms with Crippen LogP contribution in [0.3, 0.4) is 0 Å². The molecule has 0 aromatic heterocycles. The molecule has 21 heavy (non-hydrogen) atoms. The smallest absolute Gasteiger partial charge is 0.383 e. The van der Waals surface area contributed by atoms with Crippen molar-refractivity contribution in [3.05, 3.63) is 0 Å². The molecule has 1 rings (SSSR count). The monoisotopic (exact) mass is 317 g/mol. The van der Waals surface area contributed by atoms with E-state index in [0.29, 0.717) is 0 Å². The van der Waals surface area contributed by atoms with Gasteiger partial charge in [-0.25, -0.2) is 0 Å². The van der Waals surface area contributed by atoms with Crippen LogP contribution in [0.4, 0.5) is 0 Å². The zero-order valence-corrected chi connectivity index (χ0v) is 15.4. The number of rotatable bonds is 12. The summed E-state index contributed by atoms with van der Waals surface area (Å²) in [5, 5.41) is 0. The molecular weight excluding hydrogens is 282 g/mol. The average Bonchev–Trinajstić information content (AvgIpc) is 2.52. The van der Waals surface area contributed by atoms with Crippen molar-refractivity contribution in [1.82, 2.24) is 4.57 Å². The lowest BCUT2D eigenvalue weighted by atomic mass is 10.1. The number of hydrogen-bond acceptors (Lipinski definition) is 4. The Bertz CT molecular complexity index is 242. The molecule has 1 fully saturated rings. The molecule has 0 aromatic rings. The van der Waals surface area contributed by atoms with Crippen molar-refractivity contribution >= 4 is 8.72 Å². The Morgan fingerprint density at radius 3 is 2.00 bits per heavy atom. The maximum Gasteiger partial charge on any atom is 0.427 e. The fraction of sp³-hybridized carbons (Fsp3) is 1.00. The Hall–Kier alpha value is 0.0569. The predicted octanol–water partition coefficient (Wildman–Crippen LogP) is 3.69. The maximum absolute atomic E-state index is 6.22. The largest absolute Gasteiger partial charge is 0.427 e. The Morgan fingerprint density at radius 1 is 0.857 bits per heavy atom. The van der Waals surface area contributed by atoms with Crippen molar-refractivity contribution in [2.24, 2.45) is 0 Å². The molecule has 1 saturated heterocycles. The van der Waals surface area contributed by atoms with E-state index >= 15 is 0 Å². The van der Waals surface area contributed by atoms with E-state index in [9.17, 15) is 0 Å². The second-order valence-corrected chi connectivity index (χ2v) is 8.83. The van der Waals surface area contributed by atoms with Crippen molar-refractivity contribution in [1.29, 1.82) is 0 Å². The van der Waals surface area contributed by atoms with Crippen LogP contribution in [0.25, 0.3) is 0 Å². The van der Waals surface area contributed by atoms with Gasteiger partial charge in [0.25, 0.3) is 0 Å². The molecule has 0 radical (unpaired) electrons. The standard InChI is InChI=1S/C16H35NO3Si/c1-4-7-8-9-10-11-16-21(19-5-2,20-6-3)17-12-14-18-15-13-17/h4-16H2,1-3H3. The lowest BCUT2D eigenvalue weighted by molar-refractivity contribution is 0.0311. The highest BCUT2D eigenvalue weighted by Gasteiger charge is 2.44. The number of nitrogens with zero attached hydrogens (tertiary/aromatic N) is 1. The summed E-state index contributed by atoms with van der Waals surface area (Å²) in [6.45, 7) is 11.5. The quantitative estimate of drug-likeness (QED) is 0.406. The molecule has 0 unspecified atom stereocenters. The first-order valence-electron chi connectivity index (χ1n) is 8.89. The summed E-state index contributed by atoms with van der Waals surface area (Å²) in [5.41, 5.74) is 0. The molecule has 1 aliphatic rings. The van der Waals surface area contributed by atoms with Crippen LogP contribution < -0.4 is 0 Å². The maximum atomic E-state index is 6.22. The highest BCUT2D eigenvalue weighted by atomic mass is 28.4. The zero-order valence-electron chi connectivity index (χ0n) is 14.4. The fourth-order valence-corrected chi connectivity index (χ4v) is 6.53. The SMILES string of the molecule is CCCCCCCC[Si](OCC)(OCC)N1CCOCC1. The number of ether oxygens (including phenoxy) is 1. The molecule has 5 heteroatoms. The molecule has 126 valence electrons. The van der Waals surface area contributed by atoms with E-state index in [0.717, 1.165) is 45.6 Å². The second-order valence-electron chi connectivity index (χ2n) is 5.70. The number of morpholine rings is 1. The van der Waals surface area contributed by atoms with Gasteiger partial charge in [-0.3, -0.25) is 4.57 Å². The van der Waals surface area contributed by atoms with Gasteiger partial charge in [-0.2, -0.15) is 0 Å². The van der Waals surface area contributed by atoms with Gasteiger partial charge in [-0.15, -0.1) is 0 Å². The van der Waals surface area contributed by atoms with Crippen molar-refractivity contribution in [2.45, 2.75) is 65.3 Å². The van der Waals surface area contributed by atoms with Crippen molar-refractivity contribution in [3.8, 4) is 0 Å². The summed E-state index contributed by atoms with van der Waals surface area (Å²) in [6, 6.07) is 1.10. The van der Waals surface area contributed by atoms with Gasteiger partial charge in [-0.05, 0) is 20.3 Å². The molecule has 0 saturated carbocycles. The van der Waals surface area contributed by atoms with E-state index < -0.39 is 8.72 Å². The van der Waals surface area contributed by atoms with Crippen LogP contribution in [-0.4, -0.2) is 52.8 Å². The minimum absolute atomic E-state index is 0.749. The summed E-state index contributed by atoms with van der Waals surface area (Å²) in [7, 11) is -2.21. The Balaban J connectivity index is 2.48. The molecule has 0 aliphatic carbocycles. The van der Waals surface area contributed by atoms with Crippen LogP contribution in [0.1, 0.15) is 59.3 Å². The van der Waals surface area contributed by atoms with Gasteiger partial charge in [0.2, 0.25) is 0 Å². The van der Waals surface area contributed by atoms with E-state index in [-0.39, 0.29) is 0 Å². The second kappa shape index (κ2) is 11.6. The third-order valence-electron chi connectivity index (χ3n) is 4.08. The summed E-state index contributed by atoms with van der Waals surface area (Å²) < 4.78 is 20.4. The first-order chi connectivity index (χ1) is 10.3. The highest BCUT2D eigenvalue weighted by Crippen LogP contribution is 2.24. The minimum Gasteiger partial charge on any atom is -0.383 e. The molecule has 0 atom stereocenters. The molecule has 0 N–H and O–H groups in total. The molecule has 0 bridgehead atoms. The van der Waals surface area contributed by atoms with Gasteiger partial charge in [-0.1, -0.05) is 39.0 Å². The number of unbranched alkanes of at least 4 members (excludes halogenated alkanes) is 5. The normalized spacial score (nSPS) is 17.3. The van der Waals surface area contributed by atoms with E-state index in [4.69, 9.17) is 13.6 Å². The van der Waals surface area contributed by atoms with Crippen molar-refractivity contribution < 1.29 is 13.6 Å². The van der Waals surface area contributed by atoms with E-state index in [1.54, 1.807) is 0 Å². The number of hydrogen-bond donors (Lipinski definition) is 0.